The molecule has 0 fully saturated rings. The number of nitrogen functional groups attached to an aromatic ring is 2. The van der Waals surface area contributed by atoms with Gasteiger partial charge in [-0.1, -0.05) is 91.5 Å². The summed E-state index contributed by atoms with van der Waals surface area (Å²) >= 11 is 18.4. The van der Waals surface area contributed by atoms with Crippen LogP contribution in [0.15, 0.2) is 134 Å². The fourth-order valence-corrected chi connectivity index (χ4v) is 8.26. The molecule has 0 amide bonds. The Bertz CT molecular complexity index is 2500. The Hall–Kier alpha value is -4.39. The van der Waals surface area contributed by atoms with E-state index in [2.05, 4.69) is 62.2 Å². The van der Waals surface area contributed by atoms with E-state index in [9.17, 15) is 18.3 Å². The molecule has 0 spiro atoms. The number of rotatable bonds is 4. The monoisotopic (exact) mass is 864 g/mol. The van der Waals surface area contributed by atoms with Crippen LogP contribution in [0.5, 0.6) is 0 Å². The van der Waals surface area contributed by atoms with Crippen molar-refractivity contribution in [1.82, 2.24) is 3.97 Å². The van der Waals surface area contributed by atoms with Gasteiger partial charge in [-0.05, 0) is 108 Å². The van der Waals surface area contributed by atoms with Crippen LogP contribution < -0.4 is 11.5 Å². The second-order valence-corrected chi connectivity index (χ2v) is 16.1. The summed E-state index contributed by atoms with van der Waals surface area (Å²) in [6.45, 7) is 0. The topological polar surface area (TPSA) is 141 Å². The molecule has 2 aliphatic rings. The molecule has 0 unspecified atom stereocenters. The predicted octanol–water partition coefficient (Wildman–Crippen LogP) is 10.2. The Morgan fingerprint density at radius 1 is 0.765 bits per heavy atom. The zero-order valence-electron chi connectivity index (χ0n) is 26.5. The van der Waals surface area contributed by atoms with Crippen molar-refractivity contribution in [2.45, 2.75) is 17.7 Å². The predicted molar refractivity (Wildman–Crippen MR) is 214 cm³/mol. The van der Waals surface area contributed by atoms with Crippen molar-refractivity contribution in [3.63, 3.8) is 0 Å². The number of hydrogen-bond acceptors (Lipinski definition) is 6. The molecule has 5 aromatic carbocycles. The van der Waals surface area contributed by atoms with E-state index in [0.717, 1.165) is 32.0 Å². The molecule has 5 N–H and O–H groups in total. The van der Waals surface area contributed by atoms with E-state index in [1.165, 1.54) is 46.2 Å². The number of carboxylic acid groups (broad SMARTS) is 1. The third-order valence-corrected chi connectivity index (χ3v) is 11.3. The number of nitrogens with zero attached hydrogens (tertiary/aromatic N) is 2. The van der Waals surface area contributed by atoms with Gasteiger partial charge < -0.3 is 16.6 Å². The van der Waals surface area contributed by atoms with E-state index in [0.29, 0.717) is 31.8 Å². The number of aromatic carboxylic acids is 1. The Kier molecular flexibility index (Phi) is 10.8. The van der Waals surface area contributed by atoms with Gasteiger partial charge in [0, 0.05) is 36.5 Å². The first kappa shape index (κ1) is 36.4. The molecule has 1 aliphatic carbocycles. The molecule has 13 heteroatoms. The van der Waals surface area contributed by atoms with Crippen LogP contribution in [0, 0.1) is 0 Å². The van der Waals surface area contributed by atoms with E-state index in [1.807, 2.05) is 12.1 Å². The van der Waals surface area contributed by atoms with Crippen molar-refractivity contribution >= 4 is 111 Å². The van der Waals surface area contributed by atoms with Crippen LogP contribution in [0.25, 0.3) is 17.0 Å². The van der Waals surface area contributed by atoms with Gasteiger partial charge in [0.1, 0.15) is 5.69 Å². The number of aromatic nitrogens is 1. The maximum atomic E-state index is 12.8. The third-order valence-electron chi connectivity index (χ3n) is 8.12. The van der Waals surface area contributed by atoms with Gasteiger partial charge in [-0.25, -0.2) is 17.2 Å². The standard InChI is InChI=1S/C17H11BrClN.C15H10BrNO4S.C6H7ClN2/c18-14-3-1-10-5-13(6-12(10)7-14)16-8-11-2-4-15(19)9-17(11)20-16;16-11-7-6-10-8-14(15(18)19)17(13(10)9-11)22(20,21)12-4-2-1-3-5-12;7-4-1-2-5(8)6(9)3-4/h1-5,7,9H,6,8H2;1-9H,(H,18,19);1-3H,8-9H2. The fourth-order valence-electron chi connectivity index (χ4n) is 5.64. The lowest BCUT2D eigenvalue weighted by Gasteiger charge is -2.10. The zero-order valence-corrected chi connectivity index (χ0v) is 32.0. The fraction of sp³-hybridized carbons (Fsp3) is 0.0526. The van der Waals surface area contributed by atoms with E-state index in [-0.39, 0.29) is 10.6 Å². The summed E-state index contributed by atoms with van der Waals surface area (Å²) in [5.41, 5.74) is 19.4. The average Bonchev–Trinajstić information content (AvgIpc) is 3.82. The number of fused-ring (bicyclic) bond motifs is 3. The quantitative estimate of drug-likeness (QED) is 0.151. The number of hydrogen-bond donors (Lipinski definition) is 3. The first-order valence-corrected chi connectivity index (χ1v) is 19.1. The normalized spacial score (nSPS) is 12.9. The number of carbonyl (C=O) groups is 1. The molecule has 2 heterocycles. The van der Waals surface area contributed by atoms with Crippen LogP contribution in [0.3, 0.4) is 0 Å². The molecular formula is C38H28Br2Cl2N4O4S. The summed E-state index contributed by atoms with van der Waals surface area (Å²) < 4.78 is 28.3. The SMILES string of the molecule is Clc1ccc2c(c1)N=C(C1=Cc3ccc(Br)cc3C1)C2.Nc1ccc(Cl)cc1N.O=C(O)c1cc2ccc(Br)cc2n1S(=O)(=O)c1ccccc1. The van der Waals surface area contributed by atoms with Gasteiger partial charge in [-0.3, -0.25) is 4.99 Å². The van der Waals surface area contributed by atoms with Crippen molar-refractivity contribution in [3.8, 4) is 0 Å². The molecule has 258 valence electrons. The second kappa shape index (κ2) is 15.1. The van der Waals surface area contributed by atoms with Gasteiger partial charge in [0.15, 0.2) is 0 Å². The van der Waals surface area contributed by atoms with E-state index >= 15 is 0 Å². The first-order chi connectivity index (χ1) is 24.3. The zero-order chi connectivity index (χ0) is 36.4. The molecule has 0 saturated carbocycles. The Labute approximate surface area is 321 Å². The average molecular weight is 867 g/mol. The highest BCUT2D eigenvalue weighted by Crippen LogP contribution is 2.36. The van der Waals surface area contributed by atoms with Crippen molar-refractivity contribution in [3.05, 3.63) is 156 Å². The smallest absolute Gasteiger partial charge is 0.353 e. The number of allylic oxidation sites excluding steroid dienone is 1. The van der Waals surface area contributed by atoms with Gasteiger partial charge in [-0.15, -0.1) is 0 Å². The van der Waals surface area contributed by atoms with Gasteiger partial charge >= 0.3 is 5.97 Å². The summed E-state index contributed by atoms with van der Waals surface area (Å²) in [4.78, 5) is 16.2. The number of halogens is 4. The molecule has 8 nitrogen and oxygen atoms in total. The number of benzene rings is 5. The van der Waals surface area contributed by atoms with Crippen LogP contribution in [0.4, 0.5) is 17.1 Å². The molecule has 8 rings (SSSR count). The second-order valence-electron chi connectivity index (χ2n) is 11.6. The summed E-state index contributed by atoms with van der Waals surface area (Å²) in [6, 6.07) is 31.5. The minimum atomic E-state index is -4.00. The highest BCUT2D eigenvalue weighted by molar-refractivity contribution is 9.10. The van der Waals surface area contributed by atoms with Crippen molar-refractivity contribution < 1.29 is 18.3 Å². The summed E-state index contributed by atoms with van der Waals surface area (Å²) in [5.74, 6) is -1.30. The minimum absolute atomic E-state index is 0.0370. The van der Waals surface area contributed by atoms with Crippen LogP contribution in [-0.2, 0) is 22.9 Å². The summed E-state index contributed by atoms with van der Waals surface area (Å²) in [5, 5.41) is 11.3. The Morgan fingerprint density at radius 2 is 1.45 bits per heavy atom. The molecule has 0 saturated heterocycles. The van der Waals surface area contributed by atoms with Crippen LogP contribution in [0.1, 0.15) is 27.2 Å². The van der Waals surface area contributed by atoms with Gasteiger partial charge in [0.25, 0.3) is 10.0 Å². The van der Waals surface area contributed by atoms with Crippen LogP contribution in [-0.4, -0.2) is 29.2 Å². The lowest BCUT2D eigenvalue weighted by Crippen LogP contribution is -2.18. The third kappa shape index (κ3) is 8.08. The first-order valence-electron chi connectivity index (χ1n) is 15.3. The number of anilines is 2. The maximum Gasteiger partial charge on any atom is 0.353 e. The van der Waals surface area contributed by atoms with Crippen molar-refractivity contribution in [2.24, 2.45) is 4.99 Å². The molecular weight excluding hydrogens is 839 g/mol. The lowest BCUT2D eigenvalue weighted by atomic mass is 10.0. The lowest BCUT2D eigenvalue weighted by molar-refractivity contribution is 0.0689. The highest BCUT2D eigenvalue weighted by atomic mass is 79.9. The van der Waals surface area contributed by atoms with Crippen molar-refractivity contribution in [2.75, 3.05) is 11.5 Å². The highest BCUT2D eigenvalue weighted by Gasteiger charge is 2.26. The van der Waals surface area contributed by atoms with E-state index < -0.39 is 16.0 Å². The Balaban J connectivity index is 0.000000143. The molecule has 6 aromatic rings. The van der Waals surface area contributed by atoms with Gasteiger partial charge in [0.2, 0.25) is 0 Å². The molecule has 51 heavy (non-hydrogen) atoms. The molecule has 0 bridgehead atoms. The Morgan fingerprint density at radius 3 is 2.16 bits per heavy atom. The van der Waals surface area contributed by atoms with Gasteiger partial charge in [0.05, 0.1) is 27.5 Å². The van der Waals surface area contributed by atoms with Crippen molar-refractivity contribution in [1.29, 1.82) is 0 Å². The number of carboxylic acids is 1. The minimum Gasteiger partial charge on any atom is -0.477 e. The number of nitrogens with two attached hydrogens (primary N) is 2. The summed E-state index contributed by atoms with van der Waals surface area (Å²) in [6.07, 6.45) is 4.14. The maximum absolute atomic E-state index is 12.8. The van der Waals surface area contributed by atoms with E-state index in [1.54, 1.807) is 54.6 Å². The van der Waals surface area contributed by atoms with Crippen LogP contribution in [0.2, 0.25) is 10.0 Å². The van der Waals surface area contributed by atoms with Gasteiger partial charge in [-0.2, -0.15) is 0 Å². The van der Waals surface area contributed by atoms with E-state index in [4.69, 9.17) is 39.7 Å². The largest absolute Gasteiger partial charge is 0.477 e. The molecule has 0 atom stereocenters. The molecule has 1 aromatic heterocycles. The van der Waals surface area contributed by atoms with Crippen LogP contribution >= 0.6 is 55.1 Å². The number of aliphatic imine (C=N–C) groups is 1. The summed E-state index contributed by atoms with van der Waals surface area (Å²) in [7, 11) is -4.00. The molecule has 0 radical (unpaired) electrons. The molecule has 1 aliphatic heterocycles.